The largest absolute Gasteiger partial charge is 0.480 e. The molecule has 1 aromatic heterocycles. The lowest BCUT2D eigenvalue weighted by Gasteiger charge is -2.14. The van der Waals surface area contributed by atoms with E-state index in [1.165, 1.54) is 0 Å². The Bertz CT molecular complexity index is 572. The topological polar surface area (TPSA) is 87.1 Å². The smallest absolute Gasteiger partial charge is 0.321 e. The van der Waals surface area contributed by atoms with E-state index in [0.29, 0.717) is 18.9 Å². The van der Waals surface area contributed by atoms with Gasteiger partial charge in [-0.1, -0.05) is 30.3 Å². The lowest BCUT2D eigenvalue weighted by Crippen LogP contribution is -2.38. The molecule has 0 aliphatic carbocycles. The second-order valence-corrected chi connectivity index (χ2v) is 4.63. The lowest BCUT2D eigenvalue weighted by atomic mass is 10.1. The van der Waals surface area contributed by atoms with Crippen LogP contribution in [0.25, 0.3) is 0 Å². The predicted molar refractivity (Wildman–Crippen MR) is 80.0 cm³/mol. The van der Waals surface area contributed by atoms with Crippen LogP contribution in [0.3, 0.4) is 0 Å². The van der Waals surface area contributed by atoms with Gasteiger partial charge < -0.3 is 10.4 Å². The van der Waals surface area contributed by atoms with E-state index in [4.69, 9.17) is 0 Å². The Morgan fingerprint density at radius 2 is 1.86 bits per heavy atom. The number of aliphatic carboxylic acids is 1. The van der Waals surface area contributed by atoms with Crippen molar-refractivity contribution in [1.29, 1.82) is 0 Å². The third-order valence-electron chi connectivity index (χ3n) is 3.06. The Hall–Kier alpha value is -2.47. The van der Waals surface area contributed by atoms with Gasteiger partial charge in [0, 0.05) is 31.5 Å². The Balaban J connectivity index is 1.95. The third kappa shape index (κ3) is 4.54. The number of hydrogen-bond acceptors (Lipinski definition) is 5. The van der Waals surface area contributed by atoms with Gasteiger partial charge in [-0.15, -0.1) is 0 Å². The van der Waals surface area contributed by atoms with E-state index in [-0.39, 0.29) is 0 Å². The predicted octanol–water partition coefficient (Wildman–Crippen LogP) is 1.30. The SMILES string of the molecule is CNc1ncc(CNC(Cc2ccccc2)C(=O)O)cn1. The van der Waals surface area contributed by atoms with E-state index in [2.05, 4.69) is 20.6 Å². The van der Waals surface area contributed by atoms with Gasteiger partial charge in [0.15, 0.2) is 0 Å². The molecule has 21 heavy (non-hydrogen) atoms. The Morgan fingerprint density at radius 3 is 2.43 bits per heavy atom. The van der Waals surface area contributed by atoms with Gasteiger partial charge in [-0.05, 0) is 12.0 Å². The molecule has 1 unspecified atom stereocenters. The van der Waals surface area contributed by atoms with Crippen molar-refractivity contribution in [1.82, 2.24) is 15.3 Å². The second kappa shape index (κ2) is 7.35. The molecule has 0 aliphatic rings. The number of carboxylic acid groups (broad SMARTS) is 1. The van der Waals surface area contributed by atoms with Crippen molar-refractivity contribution in [3.63, 3.8) is 0 Å². The number of anilines is 1. The normalized spacial score (nSPS) is 11.9. The molecule has 6 heteroatoms. The molecule has 0 radical (unpaired) electrons. The molecule has 0 saturated carbocycles. The maximum Gasteiger partial charge on any atom is 0.321 e. The first-order valence-electron chi connectivity index (χ1n) is 6.68. The quantitative estimate of drug-likeness (QED) is 0.711. The average Bonchev–Trinajstić information content (AvgIpc) is 2.52. The van der Waals surface area contributed by atoms with E-state index in [9.17, 15) is 9.90 Å². The van der Waals surface area contributed by atoms with Crippen LogP contribution in [0, 0.1) is 0 Å². The fraction of sp³-hybridized carbons (Fsp3) is 0.267. The first-order chi connectivity index (χ1) is 10.2. The molecule has 0 spiro atoms. The van der Waals surface area contributed by atoms with Gasteiger partial charge in [-0.25, -0.2) is 9.97 Å². The fourth-order valence-electron chi connectivity index (χ4n) is 1.91. The molecule has 2 aromatic rings. The van der Waals surface area contributed by atoms with Crippen molar-refractivity contribution in [3.8, 4) is 0 Å². The van der Waals surface area contributed by atoms with Gasteiger partial charge in [-0.2, -0.15) is 0 Å². The Kier molecular flexibility index (Phi) is 5.22. The summed E-state index contributed by atoms with van der Waals surface area (Å²) in [5, 5.41) is 15.1. The van der Waals surface area contributed by atoms with Gasteiger partial charge in [0.05, 0.1) is 0 Å². The summed E-state index contributed by atoms with van der Waals surface area (Å²) in [6.07, 6.45) is 3.78. The van der Waals surface area contributed by atoms with E-state index < -0.39 is 12.0 Å². The van der Waals surface area contributed by atoms with E-state index in [1.54, 1.807) is 19.4 Å². The first kappa shape index (κ1) is 14.9. The molecule has 110 valence electrons. The second-order valence-electron chi connectivity index (χ2n) is 4.63. The first-order valence-corrected chi connectivity index (χ1v) is 6.68. The van der Waals surface area contributed by atoms with Crippen molar-refractivity contribution in [2.24, 2.45) is 0 Å². The minimum absolute atomic E-state index is 0.411. The Morgan fingerprint density at radius 1 is 1.19 bits per heavy atom. The molecule has 2 rings (SSSR count). The molecule has 0 fully saturated rings. The van der Waals surface area contributed by atoms with Crippen LogP contribution in [0.5, 0.6) is 0 Å². The minimum Gasteiger partial charge on any atom is -0.480 e. The highest BCUT2D eigenvalue weighted by Gasteiger charge is 2.17. The number of aromatic nitrogens is 2. The standard InChI is InChI=1S/C15H18N4O2/c1-16-15-18-9-12(10-19-15)8-17-13(14(20)21)7-11-5-3-2-4-6-11/h2-6,9-10,13,17H,7-8H2,1H3,(H,20,21)(H,16,18,19). The van der Waals surface area contributed by atoms with Crippen molar-refractivity contribution < 1.29 is 9.90 Å². The zero-order valence-electron chi connectivity index (χ0n) is 11.8. The van der Waals surface area contributed by atoms with E-state index in [1.807, 2.05) is 30.3 Å². The van der Waals surface area contributed by atoms with Gasteiger partial charge in [0.25, 0.3) is 0 Å². The van der Waals surface area contributed by atoms with Crippen molar-refractivity contribution in [2.45, 2.75) is 19.0 Å². The van der Waals surface area contributed by atoms with Gasteiger partial charge in [0.2, 0.25) is 5.95 Å². The molecule has 6 nitrogen and oxygen atoms in total. The van der Waals surface area contributed by atoms with Crippen LogP contribution < -0.4 is 10.6 Å². The molecule has 1 heterocycles. The summed E-state index contributed by atoms with van der Waals surface area (Å²) in [6, 6.07) is 8.91. The van der Waals surface area contributed by atoms with Crippen LogP contribution in [0.2, 0.25) is 0 Å². The van der Waals surface area contributed by atoms with E-state index >= 15 is 0 Å². The number of rotatable bonds is 7. The summed E-state index contributed by atoms with van der Waals surface area (Å²) in [5.74, 6) is -0.329. The highest BCUT2D eigenvalue weighted by atomic mass is 16.4. The minimum atomic E-state index is -0.869. The summed E-state index contributed by atoms with van der Waals surface area (Å²) >= 11 is 0. The molecule has 0 amide bonds. The number of hydrogen-bond donors (Lipinski definition) is 3. The summed E-state index contributed by atoms with van der Waals surface area (Å²) in [4.78, 5) is 19.5. The zero-order valence-corrected chi connectivity index (χ0v) is 11.8. The molecule has 3 N–H and O–H groups in total. The van der Waals surface area contributed by atoms with Crippen LogP contribution in [0.1, 0.15) is 11.1 Å². The highest BCUT2D eigenvalue weighted by Crippen LogP contribution is 2.05. The summed E-state index contributed by atoms with van der Waals surface area (Å²) < 4.78 is 0. The van der Waals surface area contributed by atoms with Crippen molar-refractivity contribution >= 4 is 11.9 Å². The molecule has 0 saturated heterocycles. The Labute approximate surface area is 123 Å². The zero-order chi connectivity index (χ0) is 15.1. The molecule has 0 aliphatic heterocycles. The molecule has 0 bridgehead atoms. The van der Waals surface area contributed by atoms with Gasteiger partial charge >= 0.3 is 5.97 Å². The number of nitrogens with one attached hydrogen (secondary N) is 2. The lowest BCUT2D eigenvalue weighted by molar-refractivity contribution is -0.139. The molecular formula is C15H18N4O2. The van der Waals surface area contributed by atoms with Crippen LogP contribution in [0.15, 0.2) is 42.7 Å². The molecule has 1 atom stereocenters. The van der Waals surface area contributed by atoms with Crippen LogP contribution in [0.4, 0.5) is 5.95 Å². The van der Waals surface area contributed by atoms with Crippen molar-refractivity contribution in [3.05, 3.63) is 53.9 Å². The maximum atomic E-state index is 11.3. The third-order valence-corrected chi connectivity index (χ3v) is 3.06. The molecular weight excluding hydrogens is 268 g/mol. The summed E-state index contributed by atoms with van der Waals surface area (Å²) in [7, 11) is 1.74. The number of carboxylic acids is 1. The number of benzene rings is 1. The monoisotopic (exact) mass is 286 g/mol. The average molecular weight is 286 g/mol. The number of nitrogens with zero attached hydrogens (tertiary/aromatic N) is 2. The van der Waals surface area contributed by atoms with Crippen molar-refractivity contribution in [2.75, 3.05) is 12.4 Å². The fourth-order valence-corrected chi connectivity index (χ4v) is 1.91. The maximum absolute atomic E-state index is 11.3. The molecule has 1 aromatic carbocycles. The summed E-state index contributed by atoms with van der Waals surface area (Å²) in [6.45, 7) is 0.411. The van der Waals surface area contributed by atoms with Crippen LogP contribution >= 0.6 is 0 Å². The highest BCUT2D eigenvalue weighted by molar-refractivity contribution is 5.73. The number of carbonyl (C=O) groups is 1. The van der Waals surface area contributed by atoms with Gasteiger partial charge in [-0.3, -0.25) is 10.1 Å². The summed E-state index contributed by atoms with van der Waals surface area (Å²) in [5.41, 5.74) is 1.83. The van der Waals surface area contributed by atoms with Crippen LogP contribution in [-0.4, -0.2) is 34.1 Å². The van der Waals surface area contributed by atoms with Crippen LogP contribution in [-0.2, 0) is 17.8 Å². The van der Waals surface area contributed by atoms with E-state index in [0.717, 1.165) is 11.1 Å². The van der Waals surface area contributed by atoms with Gasteiger partial charge in [0.1, 0.15) is 6.04 Å².